The number of nitrogens with one attached hydrogen (secondary N) is 1. The third-order valence-corrected chi connectivity index (χ3v) is 1.92. The zero-order valence-electron chi connectivity index (χ0n) is 7.60. The fourth-order valence-corrected chi connectivity index (χ4v) is 1.18. The summed E-state index contributed by atoms with van der Waals surface area (Å²) < 4.78 is 26.5. The molecule has 0 atom stereocenters. The molecule has 3 N–H and O–H groups in total. The van der Waals surface area contributed by atoms with E-state index in [1.807, 2.05) is 0 Å². The highest BCUT2D eigenvalue weighted by molar-refractivity contribution is 7.80. The van der Waals surface area contributed by atoms with Crippen LogP contribution in [0.5, 0.6) is 0 Å². The minimum Gasteiger partial charge on any atom is -0.389 e. The van der Waals surface area contributed by atoms with E-state index >= 15 is 0 Å². The number of thiocarbonyl (C=S) groups is 1. The van der Waals surface area contributed by atoms with Gasteiger partial charge in [-0.05, 0) is 19.1 Å². The fourth-order valence-electron chi connectivity index (χ4n) is 1.06. The fraction of sp³-hybridized carbons (Fsp3) is 0.222. The topological polar surface area (TPSA) is 38.0 Å². The van der Waals surface area contributed by atoms with E-state index < -0.39 is 11.6 Å². The maximum Gasteiger partial charge on any atom is 0.150 e. The van der Waals surface area contributed by atoms with Crippen LogP contribution in [0.15, 0.2) is 12.1 Å². The molecule has 0 saturated carbocycles. The second-order valence-electron chi connectivity index (χ2n) is 2.71. The van der Waals surface area contributed by atoms with Crippen molar-refractivity contribution in [3.8, 4) is 0 Å². The Morgan fingerprint density at radius 1 is 1.43 bits per heavy atom. The van der Waals surface area contributed by atoms with Crippen molar-refractivity contribution in [2.75, 3.05) is 11.9 Å². The van der Waals surface area contributed by atoms with Gasteiger partial charge in [-0.1, -0.05) is 12.2 Å². The molecule has 0 aromatic heterocycles. The molecule has 76 valence electrons. The first kappa shape index (κ1) is 10.8. The zero-order valence-corrected chi connectivity index (χ0v) is 8.42. The Morgan fingerprint density at radius 3 is 2.29 bits per heavy atom. The number of hydrogen-bond donors (Lipinski definition) is 2. The van der Waals surface area contributed by atoms with E-state index in [9.17, 15) is 8.78 Å². The van der Waals surface area contributed by atoms with Crippen LogP contribution in [-0.2, 0) is 0 Å². The summed E-state index contributed by atoms with van der Waals surface area (Å²) in [6.07, 6.45) is 0. The van der Waals surface area contributed by atoms with Gasteiger partial charge in [-0.25, -0.2) is 8.78 Å². The second-order valence-corrected chi connectivity index (χ2v) is 3.15. The van der Waals surface area contributed by atoms with Gasteiger partial charge in [0.25, 0.3) is 0 Å². The van der Waals surface area contributed by atoms with Crippen LogP contribution < -0.4 is 11.1 Å². The van der Waals surface area contributed by atoms with Crippen molar-refractivity contribution in [1.82, 2.24) is 0 Å². The molecule has 0 aliphatic carbocycles. The molecule has 2 nitrogen and oxygen atoms in total. The van der Waals surface area contributed by atoms with Gasteiger partial charge in [-0.3, -0.25) is 0 Å². The summed E-state index contributed by atoms with van der Waals surface area (Å²) in [4.78, 5) is -0.0224. The van der Waals surface area contributed by atoms with Gasteiger partial charge >= 0.3 is 0 Å². The smallest absolute Gasteiger partial charge is 0.150 e. The quantitative estimate of drug-likeness (QED) is 0.759. The summed E-state index contributed by atoms with van der Waals surface area (Å²) in [6.45, 7) is 2.20. The molecule has 0 unspecified atom stereocenters. The molecule has 0 bridgehead atoms. The van der Waals surface area contributed by atoms with Crippen molar-refractivity contribution in [1.29, 1.82) is 0 Å². The first-order chi connectivity index (χ1) is 6.56. The van der Waals surface area contributed by atoms with Gasteiger partial charge in [-0.2, -0.15) is 0 Å². The number of hydrogen-bond acceptors (Lipinski definition) is 2. The minimum atomic E-state index is -0.686. The standard InChI is InChI=1S/C9H10F2N2S/c1-2-13-8-6(10)3-5(9(12)14)4-7(8)11/h3-4,13H,2H2,1H3,(H2,12,14). The van der Waals surface area contributed by atoms with E-state index in [0.29, 0.717) is 6.54 Å². The molecule has 0 saturated heterocycles. The van der Waals surface area contributed by atoms with Crippen LogP contribution in [0, 0.1) is 11.6 Å². The van der Waals surface area contributed by atoms with Gasteiger partial charge in [-0.15, -0.1) is 0 Å². The zero-order chi connectivity index (χ0) is 10.7. The lowest BCUT2D eigenvalue weighted by Gasteiger charge is -2.08. The van der Waals surface area contributed by atoms with Gasteiger partial charge in [0.1, 0.15) is 22.3 Å². The molecule has 14 heavy (non-hydrogen) atoms. The van der Waals surface area contributed by atoms with E-state index in [4.69, 9.17) is 5.73 Å². The molecule has 0 fully saturated rings. The van der Waals surface area contributed by atoms with E-state index in [1.165, 1.54) is 0 Å². The number of anilines is 1. The van der Waals surface area contributed by atoms with Crippen molar-refractivity contribution >= 4 is 22.9 Å². The van der Waals surface area contributed by atoms with E-state index in [-0.39, 0.29) is 16.2 Å². The lowest BCUT2D eigenvalue weighted by atomic mass is 10.2. The molecule has 0 aliphatic heterocycles. The van der Waals surface area contributed by atoms with Gasteiger partial charge in [0, 0.05) is 12.1 Å². The van der Waals surface area contributed by atoms with Crippen LogP contribution in [0.2, 0.25) is 0 Å². The Morgan fingerprint density at radius 2 is 1.93 bits per heavy atom. The predicted molar refractivity (Wildman–Crippen MR) is 56.4 cm³/mol. The molecule has 0 heterocycles. The molecule has 0 radical (unpaired) electrons. The highest BCUT2D eigenvalue weighted by Crippen LogP contribution is 2.20. The lowest BCUT2D eigenvalue weighted by Crippen LogP contribution is -2.11. The minimum absolute atomic E-state index is 0.0224. The van der Waals surface area contributed by atoms with Crippen LogP contribution >= 0.6 is 12.2 Å². The molecule has 1 aromatic rings. The number of halogens is 2. The Bertz CT molecular complexity index is 343. The molecule has 1 aromatic carbocycles. The highest BCUT2D eigenvalue weighted by Gasteiger charge is 2.10. The first-order valence-corrected chi connectivity index (χ1v) is 4.49. The summed E-state index contributed by atoms with van der Waals surface area (Å²) >= 11 is 4.61. The van der Waals surface area contributed by atoms with Crippen molar-refractivity contribution in [3.63, 3.8) is 0 Å². The Hall–Kier alpha value is -1.23. The molecular weight excluding hydrogens is 206 g/mol. The third-order valence-electron chi connectivity index (χ3n) is 1.68. The van der Waals surface area contributed by atoms with E-state index in [1.54, 1.807) is 6.92 Å². The van der Waals surface area contributed by atoms with E-state index in [2.05, 4.69) is 17.5 Å². The van der Waals surface area contributed by atoms with Crippen molar-refractivity contribution in [3.05, 3.63) is 29.3 Å². The second kappa shape index (κ2) is 4.32. The highest BCUT2D eigenvalue weighted by atomic mass is 32.1. The number of rotatable bonds is 3. The maximum absolute atomic E-state index is 13.2. The van der Waals surface area contributed by atoms with Crippen molar-refractivity contribution in [2.24, 2.45) is 5.73 Å². The van der Waals surface area contributed by atoms with Gasteiger partial charge in [0.2, 0.25) is 0 Å². The molecule has 1 rings (SSSR count). The molecule has 5 heteroatoms. The Kier molecular flexibility index (Phi) is 3.35. The molecular formula is C9H10F2N2S. The summed E-state index contributed by atoms with van der Waals surface area (Å²) in [5.41, 5.74) is 5.30. The largest absolute Gasteiger partial charge is 0.389 e. The first-order valence-electron chi connectivity index (χ1n) is 4.09. The number of benzene rings is 1. The maximum atomic E-state index is 13.2. The van der Waals surface area contributed by atoms with Crippen LogP contribution in [-0.4, -0.2) is 11.5 Å². The third kappa shape index (κ3) is 2.17. The Labute approximate surface area is 86.1 Å². The van der Waals surface area contributed by atoms with Crippen molar-refractivity contribution in [2.45, 2.75) is 6.92 Å². The van der Waals surface area contributed by atoms with E-state index in [0.717, 1.165) is 12.1 Å². The van der Waals surface area contributed by atoms with Crippen LogP contribution in [0.1, 0.15) is 12.5 Å². The normalized spacial score (nSPS) is 9.93. The molecule has 0 spiro atoms. The van der Waals surface area contributed by atoms with Crippen LogP contribution in [0.25, 0.3) is 0 Å². The monoisotopic (exact) mass is 216 g/mol. The van der Waals surface area contributed by atoms with Gasteiger partial charge in [0.15, 0.2) is 0 Å². The van der Waals surface area contributed by atoms with Crippen LogP contribution in [0.3, 0.4) is 0 Å². The average molecular weight is 216 g/mol. The Balaban J connectivity index is 3.18. The summed E-state index contributed by atoms with van der Waals surface area (Å²) in [5.74, 6) is -1.37. The summed E-state index contributed by atoms with van der Waals surface area (Å²) in [6, 6.07) is 2.23. The predicted octanol–water partition coefficient (Wildman–Crippen LogP) is 2.03. The van der Waals surface area contributed by atoms with Crippen molar-refractivity contribution < 1.29 is 8.78 Å². The number of nitrogens with two attached hydrogens (primary N) is 1. The average Bonchev–Trinajstić information content (AvgIpc) is 2.10. The van der Waals surface area contributed by atoms with Gasteiger partial charge < -0.3 is 11.1 Å². The van der Waals surface area contributed by atoms with Crippen LogP contribution in [0.4, 0.5) is 14.5 Å². The summed E-state index contributed by atoms with van der Waals surface area (Å²) in [5, 5.41) is 2.58. The SMILES string of the molecule is CCNc1c(F)cc(C(N)=S)cc1F. The van der Waals surface area contributed by atoms with Gasteiger partial charge in [0.05, 0.1) is 0 Å². The molecule has 0 amide bonds. The summed E-state index contributed by atoms with van der Waals surface area (Å²) in [7, 11) is 0. The lowest BCUT2D eigenvalue weighted by molar-refractivity contribution is 0.588. The molecule has 0 aliphatic rings.